The molecule has 2 heterocycles. The van der Waals surface area contributed by atoms with Crippen LogP contribution < -0.4 is 5.32 Å². The Balaban J connectivity index is 2.38. The largest absolute Gasteiger partial charge is 0.385 e. The van der Waals surface area contributed by atoms with Crippen LogP contribution in [0.15, 0.2) is 30.6 Å². The molecule has 1 N–H and O–H groups in total. The summed E-state index contributed by atoms with van der Waals surface area (Å²) in [5, 5.41) is 5.00. The number of hydrogen-bond donors (Lipinski definition) is 1. The van der Waals surface area contributed by atoms with Crippen LogP contribution in [0.2, 0.25) is 0 Å². The van der Waals surface area contributed by atoms with Crippen molar-refractivity contribution in [1.82, 2.24) is 10.3 Å². The van der Waals surface area contributed by atoms with Crippen molar-refractivity contribution in [3.63, 3.8) is 0 Å². The van der Waals surface area contributed by atoms with Crippen LogP contribution in [0.4, 0.5) is 4.39 Å². The first-order chi connectivity index (χ1) is 7.34. The number of benzene rings is 1. The zero-order valence-electron chi connectivity index (χ0n) is 8.00. The van der Waals surface area contributed by atoms with E-state index in [1.807, 2.05) is 12.3 Å². The number of aromatic nitrogens is 1. The molecule has 3 heteroatoms. The van der Waals surface area contributed by atoms with Gasteiger partial charge in [-0.1, -0.05) is 6.07 Å². The molecule has 1 aromatic carbocycles. The summed E-state index contributed by atoms with van der Waals surface area (Å²) in [6.45, 7) is 0.735. The Bertz CT molecular complexity index is 561. The minimum absolute atomic E-state index is 0.220. The number of fused-ring (bicyclic) bond motifs is 3. The molecule has 0 atom stereocenters. The third kappa shape index (κ3) is 1.28. The van der Waals surface area contributed by atoms with Crippen molar-refractivity contribution in [2.75, 3.05) is 0 Å². The molecule has 0 unspecified atom stereocenters. The van der Waals surface area contributed by atoms with Crippen molar-refractivity contribution < 1.29 is 4.39 Å². The van der Waals surface area contributed by atoms with E-state index in [-0.39, 0.29) is 5.82 Å². The average molecular weight is 200 g/mol. The lowest BCUT2D eigenvalue weighted by atomic mass is 10.0. The Morgan fingerprint density at radius 3 is 3.20 bits per heavy atom. The highest BCUT2D eigenvalue weighted by atomic mass is 19.1. The fourth-order valence-corrected chi connectivity index (χ4v) is 1.88. The third-order valence-electron chi connectivity index (χ3n) is 2.61. The quantitative estimate of drug-likeness (QED) is 0.706. The Hall–Kier alpha value is -1.90. The lowest BCUT2D eigenvalue weighted by Gasteiger charge is -2.13. The number of pyridine rings is 1. The second-order valence-corrected chi connectivity index (χ2v) is 3.56. The van der Waals surface area contributed by atoms with E-state index < -0.39 is 0 Å². The minimum atomic E-state index is -0.220. The molecule has 0 saturated heterocycles. The van der Waals surface area contributed by atoms with Crippen molar-refractivity contribution in [1.29, 1.82) is 0 Å². The Labute approximate surface area is 86.4 Å². The third-order valence-corrected chi connectivity index (χ3v) is 2.61. The molecule has 2 nitrogen and oxygen atoms in total. The summed E-state index contributed by atoms with van der Waals surface area (Å²) in [6, 6.07) is 4.80. The van der Waals surface area contributed by atoms with Crippen LogP contribution >= 0.6 is 0 Å². The molecular weight excluding hydrogens is 191 g/mol. The molecule has 74 valence electrons. The lowest BCUT2D eigenvalue weighted by Crippen LogP contribution is -2.12. The van der Waals surface area contributed by atoms with Gasteiger partial charge < -0.3 is 5.32 Å². The second-order valence-electron chi connectivity index (χ2n) is 3.56. The number of hydrogen-bond acceptors (Lipinski definition) is 2. The summed E-state index contributed by atoms with van der Waals surface area (Å²) in [5.41, 5.74) is 2.10. The molecule has 3 rings (SSSR count). The van der Waals surface area contributed by atoms with E-state index in [4.69, 9.17) is 0 Å². The minimum Gasteiger partial charge on any atom is -0.385 e. The molecule has 1 aliphatic heterocycles. The summed E-state index contributed by atoms with van der Waals surface area (Å²) < 4.78 is 13.0. The van der Waals surface area contributed by atoms with Gasteiger partial charge in [0, 0.05) is 17.1 Å². The summed E-state index contributed by atoms with van der Waals surface area (Å²) in [4.78, 5) is 4.31. The van der Waals surface area contributed by atoms with Crippen molar-refractivity contribution in [3.8, 4) is 0 Å². The summed E-state index contributed by atoms with van der Waals surface area (Å²) in [6.07, 6.45) is 5.59. The normalized spacial score (nSPS) is 13.7. The molecule has 0 spiro atoms. The zero-order chi connectivity index (χ0) is 10.3. The number of rotatable bonds is 0. The first-order valence-electron chi connectivity index (χ1n) is 4.82. The second kappa shape index (κ2) is 3.05. The predicted octanol–water partition coefficient (Wildman–Crippen LogP) is 2.45. The first kappa shape index (κ1) is 8.41. The molecule has 0 radical (unpaired) electrons. The van der Waals surface area contributed by atoms with Gasteiger partial charge in [0.2, 0.25) is 0 Å². The van der Waals surface area contributed by atoms with Crippen LogP contribution in [-0.4, -0.2) is 4.98 Å². The Morgan fingerprint density at radius 1 is 1.33 bits per heavy atom. The van der Waals surface area contributed by atoms with Crippen LogP contribution in [0.25, 0.3) is 16.8 Å². The molecule has 0 saturated carbocycles. The Morgan fingerprint density at radius 2 is 2.27 bits per heavy atom. The maximum atomic E-state index is 13.0. The summed E-state index contributed by atoms with van der Waals surface area (Å²) in [7, 11) is 0. The molecule has 0 fully saturated rings. The van der Waals surface area contributed by atoms with E-state index >= 15 is 0 Å². The fourth-order valence-electron chi connectivity index (χ4n) is 1.88. The van der Waals surface area contributed by atoms with Gasteiger partial charge in [-0.2, -0.15) is 0 Å². The van der Waals surface area contributed by atoms with Crippen molar-refractivity contribution in [2.24, 2.45) is 0 Å². The number of nitrogens with zero attached hydrogens (tertiary/aromatic N) is 1. The van der Waals surface area contributed by atoms with Crippen molar-refractivity contribution >= 4 is 16.8 Å². The Kier molecular flexibility index (Phi) is 1.71. The molecule has 1 aliphatic rings. The molecule has 0 amide bonds. The standard InChI is InChI=1S/C12H9FN2/c13-9-1-2-10-8(5-9)6-15-12-7-14-4-3-11(10)12/h1-6,14H,7H2. The molecular formula is C12H9FN2. The maximum absolute atomic E-state index is 13.0. The number of nitrogens with one attached hydrogen (secondary N) is 1. The molecule has 15 heavy (non-hydrogen) atoms. The topological polar surface area (TPSA) is 24.9 Å². The van der Waals surface area contributed by atoms with E-state index in [0.29, 0.717) is 0 Å². The van der Waals surface area contributed by atoms with Crippen molar-refractivity contribution in [2.45, 2.75) is 6.54 Å². The molecule has 1 aromatic heterocycles. The van der Waals surface area contributed by atoms with Crippen LogP contribution in [-0.2, 0) is 6.54 Å². The van der Waals surface area contributed by atoms with E-state index in [9.17, 15) is 4.39 Å². The lowest BCUT2D eigenvalue weighted by molar-refractivity contribution is 0.629. The smallest absolute Gasteiger partial charge is 0.123 e. The maximum Gasteiger partial charge on any atom is 0.123 e. The van der Waals surface area contributed by atoms with Gasteiger partial charge in [-0.05, 0) is 29.8 Å². The highest BCUT2D eigenvalue weighted by Crippen LogP contribution is 2.24. The van der Waals surface area contributed by atoms with Crippen molar-refractivity contribution in [3.05, 3.63) is 47.7 Å². The van der Waals surface area contributed by atoms with Gasteiger partial charge in [-0.25, -0.2) is 4.39 Å². The predicted molar refractivity (Wildman–Crippen MR) is 57.6 cm³/mol. The van der Waals surface area contributed by atoms with E-state index in [1.165, 1.54) is 12.1 Å². The van der Waals surface area contributed by atoms with Crippen LogP contribution in [0.1, 0.15) is 11.3 Å². The highest BCUT2D eigenvalue weighted by molar-refractivity contribution is 5.91. The van der Waals surface area contributed by atoms with Gasteiger partial charge in [-0.3, -0.25) is 4.98 Å². The monoisotopic (exact) mass is 200 g/mol. The van der Waals surface area contributed by atoms with E-state index in [1.54, 1.807) is 12.3 Å². The van der Waals surface area contributed by atoms with Gasteiger partial charge >= 0.3 is 0 Å². The van der Waals surface area contributed by atoms with Gasteiger partial charge in [0.1, 0.15) is 5.82 Å². The van der Waals surface area contributed by atoms with E-state index in [2.05, 4.69) is 10.3 Å². The van der Waals surface area contributed by atoms with Gasteiger partial charge in [-0.15, -0.1) is 0 Å². The first-order valence-corrected chi connectivity index (χ1v) is 4.82. The van der Waals surface area contributed by atoms with Gasteiger partial charge in [0.15, 0.2) is 0 Å². The van der Waals surface area contributed by atoms with Crippen LogP contribution in [0, 0.1) is 5.82 Å². The highest BCUT2D eigenvalue weighted by Gasteiger charge is 2.09. The van der Waals surface area contributed by atoms with Crippen LogP contribution in [0.5, 0.6) is 0 Å². The average Bonchev–Trinajstić information content (AvgIpc) is 2.28. The van der Waals surface area contributed by atoms with Gasteiger partial charge in [0.05, 0.1) is 12.2 Å². The van der Waals surface area contributed by atoms with Crippen LogP contribution in [0.3, 0.4) is 0 Å². The zero-order valence-corrected chi connectivity index (χ0v) is 8.00. The number of halogens is 1. The molecule has 2 aromatic rings. The van der Waals surface area contributed by atoms with E-state index in [0.717, 1.165) is 28.6 Å². The summed E-state index contributed by atoms with van der Waals surface area (Å²) in [5.74, 6) is -0.220. The molecule has 0 bridgehead atoms. The molecule has 0 aliphatic carbocycles. The summed E-state index contributed by atoms with van der Waals surface area (Å²) >= 11 is 0. The SMILES string of the molecule is Fc1ccc2c3c(ncc2c1)CNC=C3. The fraction of sp³-hybridized carbons (Fsp3) is 0.0833. The van der Waals surface area contributed by atoms with Gasteiger partial charge in [0.25, 0.3) is 0 Å².